The summed E-state index contributed by atoms with van der Waals surface area (Å²) in [6, 6.07) is 8.87. The maximum absolute atomic E-state index is 4.46. The van der Waals surface area contributed by atoms with Crippen LogP contribution in [-0.2, 0) is 0 Å². The molecular weight excluding hydrogens is 260 g/mol. The first kappa shape index (κ1) is 14.1. The first-order valence-electron chi connectivity index (χ1n) is 7.90. The van der Waals surface area contributed by atoms with Crippen molar-refractivity contribution in [2.45, 2.75) is 46.1 Å². The monoisotopic (exact) mass is 284 g/mol. The average molecular weight is 284 g/mol. The standard InChI is InChI=1S/C17H24N4/c1-11-7-6-10-15(12(11)2)19-16-9-5-4-8-14(16)17-18-13(3)20-21-17/h4-5,8-9,11-12,15,19H,6-7,10H2,1-3H3,(H,18,20,21). The Bertz CT molecular complexity index is 604. The lowest BCUT2D eigenvalue weighted by Gasteiger charge is -2.35. The number of para-hydroxylation sites is 1. The smallest absolute Gasteiger partial charge is 0.183 e. The van der Waals surface area contributed by atoms with E-state index in [2.05, 4.69) is 52.5 Å². The topological polar surface area (TPSA) is 53.6 Å². The van der Waals surface area contributed by atoms with E-state index in [0.29, 0.717) is 12.0 Å². The quantitative estimate of drug-likeness (QED) is 0.895. The van der Waals surface area contributed by atoms with E-state index in [1.807, 2.05) is 13.0 Å². The second kappa shape index (κ2) is 5.88. The summed E-state index contributed by atoms with van der Waals surface area (Å²) >= 11 is 0. The van der Waals surface area contributed by atoms with E-state index in [0.717, 1.165) is 28.8 Å². The molecular formula is C17H24N4. The summed E-state index contributed by atoms with van der Waals surface area (Å²) in [5.41, 5.74) is 2.22. The summed E-state index contributed by atoms with van der Waals surface area (Å²) in [5, 5.41) is 11.0. The molecule has 0 bridgehead atoms. The molecule has 1 heterocycles. The molecule has 3 rings (SSSR count). The van der Waals surface area contributed by atoms with Crippen LogP contribution in [0.15, 0.2) is 24.3 Å². The molecule has 1 aromatic carbocycles. The van der Waals surface area contributed by atoms with Gasteiger partial charge in [0.2, 0.25) is 0 Å². The van der Waals surface area contributed by atoms with Crippen molar-refractivity contribution in [1.29, 1.82) is 0 Å². The number of aryl methyl sites for hydroxylation is 1. The number of H-pyrrole nitrogens is 1. The van der Waals surface area contributed by atoms with Gasteiger partial charge in [-0.2, -0.15) is 5.10 Å². The SMILES string of the molecule is Cc1nc(-c2ccccc2NC2CCCC(C)C2C)n[nH]1. The number of hydrogen-bond donors (Lipinski definition) is 2. The fourth-order valence-electron chi connectivity index (χ4n) is 3.25. The maximum atomic E-state index is 4.46. The molecule has 0 radical (unpaired) electrons. The van der Waals surface area contributed by atoms with Crippen molar-refractivity contribution < 1.29 is 0 Å². The second-order valence-electron chi connectivity index (χ2n) is 6.31. The van der Waals surface area contributed by atoms with Gasteiger partial charge >= 0.3 is 0 Å². The number of anilines is 1. The molecule has 21 heavy (non-hydrogen) atoms. The van der Waals surface area contributed by atoms with Crippen molar-refractivity contribution in [3.05, 3.63) is 30.1 Å². The van der Waals surface area contributed by atoms with E-state index in [4.69, 9.17) is 0 Å². The Balaban J connectivity index is 1.86. The van der Waals surface area contributed by atoms with Crippen molar-refractivity contribution >= 4 is 5.69 Å². The highest BCUT2D eigenvalue weighted by molar-refractivity contribution is 5.73. The zero-order chi connectivity index (χ0) is 14.8. The number of nitrogens with zero attached hydrogens (tertiary/aromatic N) is 2. The molecule has 1 aliphatic carbocycles. The van der Waals surface area contributed by atoms with Gasteiger partial charge in [-0.1, -0.05) is 38.8 Å². The lowest BCUT2D eigenvalue weighted by atomic mass is 9.78. The zero-order valence-electron chi connectivity index (χ0n) is 13.1. The van der Waals surface area contributed by atoms with Gasteiger partial charge in [-0.3, -0.25) is 5.10 Å². The molecule has 1 aromatic heterocycles. The summed E-state index contributed by atoms with van der Waals surface area (Å²) in [6.45, 7) is 6.65. The third-order valence-electron chi connectivity index (χ3n) is 4.81. The van der Waals surface area contributed by atoms with E-state index in [1.54, 1.807) is 0 Å². The van der Waals surface area contributed by atoms with Crippen LogP contribution in [0.25, 0.3) is 11.4 Å². The third-order valence-corrected chi connectivity index (χ3v) is 4.81. The Morgan fingerprint density at radius 2 is 2.00 bits per heavy atom. The molecule has 4 nitrogen and oxygen atoms in total. The largest absolute Gasteiger partial charge is 0.381 e. The van der Waals surface area contributed by atoms with E-state index in [9.17, 15) is 0 Å². The normalized spacial score (nSPS) is 25.8. The Morgan fingerprint density at radius 1 is 1.19 bits per heavy atom. The Morgan fingerprint density at radius 3 is 2.76 bits per heavy atom. The minimum Gasteiger partial charge on any atom is -0.381 e. The average Bonchev–Trinajstić information content (AvgIpc) is 2.91. The van der Waals surface area contributed by atoms with Gasteiger partial charge in [0.1, 0.15) is 5.82 Å². The summed E-state index contributed by atoms with van der Waals surface area (Å²) in [4.78, 5) is 4.46. The Hall–Kier alpha value is -1.84. The van der Waals surface area contributed by atoms with Crippen LogP contribution in [0.2, 0.25) is 0 Å². The second-order valence-corrected chi connectivity index (χ2v) is 6.31. The first-order chi connectivity index (χ1) is 10.1. The van der Waals surface area contributed by atoms with Crippen molar-refractivity contribution in [1.82, 2.24) is 15.2 Å². The summed E-state index contributed by atoms with van der Waals surface area (Å²) in [7, 11) is 0. The van der Waals surface area contributed by atoms with Gasteiger partial charge in [0, 0.05) is 17.3 Å². The van der Waals surface area contributed by atoms with E-state index in [1.165, 1.54) is 19.3 Å². The van der Waals surface area contributed by atoms with Crippen LogP contribution in [0.1, 0.15) is 38.9 Å². The van der Waals surface area contributed by atoms with Gasteiger partial charge < -0.3 is 5.32 Å². The van der Waals surface area contributed by atoms with Gasteiger partial charge in [-0.15, -0.1) is 0 Å². The molecule has 3 atom stereocenters. The highest BCUT2D eigenvalue weighted by Crippen LogP contribution is 2.33. The van der Waals surface area contributed by atoms with Crippen LogP contribution in [0.5, 0.6) is 0 Å². The maximum Gasteiger partial charge on any atom is 0.183 e. The summed E-state index contributed by atoms with van der Waals surface area (Å²) in [6.07, 6.45) is 3.90. The van der Waals surface area contributed by atoms with Gasteiger partial charge in [-0.25, -0.2) is 4.98 Å². The Kier molecular flexibility index (Phi) is 3.95. The molecule has 2 aromatic rings. The molecule has 0 spiro atoms. The zero-order valence-corrected chi connectivity index (χ0v) is 13.1. The fourth-order valence-corrected chi connectivity index (χ4v) is 3.25. The molecule has 0 saturated heterocycles. The highest BCUT2D eigenvalue weighted by Gasteiger charge is 2.27. The number of aromatic nitrogens is 3. The van der Waals surface area contributed by atoms with E-state index >= 15 is 0 Å². The molecule has 1 saturated carbocycles. The van der Waals surface area contributed by atoms with Crippen molar-refractivity contribution in [3.63, 3.8) is 0 Å². The van der Waals surface area contributed by atoms with E-state index in [-0.39, 0.29) is 0 Å². The van der Waals surface area contributed by atoms with Crippen LogP contribution in [0.4, 0.5) is 5.69 Å². The minimum absolute atomic E-state index is 0.537. The highest BCUT2D eigenvalue weighted by atomic mass is 15.2. The van der Waals surface area contributed by atoms with Crippen LogP contribution in [0, 0.1) is 18.8 Å². The van der Waals surface area contributed by atoms with Crippen molar-refractivity contribution in [3.8, 4) is 11.4 Å². The fraction of sp³-hybridized carbons (Fsp3) is 0.529. The summed E-state index contributed by atoms with van der Waals surface area (Å²) < 4.78 is 0. The molecule has 3 unspecified atom stereocenters. The van der Waals surface area contributed by atoms with Crippen molar-refractivity contribution in [2.75, 3.05) is 5.32 Å². The number of hydrogen-bond acceptors (Lipinski definition) is 3. The van der Waals surface area contributed by atoms with Gasteiger partial charge in [-0.05, 0) is 37.3 Å². The third kappa shape index (κ3) is 2.94. The van der Waals surface area contributed by atoms with Crippen LogP contribution in [0.3, 0.4) is 0 Å². The van der Waals surface area contributed by atoms with Crippen LogP contribution in [-0.4, -0.2) is 21.2 Å². The lowest BCUT2D eigenvalue weighted by molar-refractivity contribution is 0.253. The van der Waals surface area contributed by atoms with Gasteiger partial charge in [0.05, 0.1) is 0 Å². The van der Waals surface area contributed by atoms with Crippen LogP contribution < -0.4 is 5.32 Å². The summed E-state index contributed by atoms with van der Waals surface area (Å²) in [5.74, 6) is 3.10. The van der Waals surface area contributed by atoms with Crippen LogP contribution >= 0.6 is 0 Å². The van der Waals surface area contributed by atoms with Crippen molar-refractivity contribution in [2.24, 2.45) is 11.8 Å². The number of aromatic amines is 1. The molecule has 4 heteroatoms. The molecule has 1 aliphatic rings. The lowest BCUT2D eigenvalue weighted by Crippen LogP contribution is -2.35. The molecule has 2 N–H and O–H groups in total. The predicted molar refractivity (Wildman–Crippen MR) is 86.1 cm³/mol. The Labute approximate surface area is 126 Å². The number of rotatable bonds is 3. The van der Waals surface area contributed by atoms with Gasteiger partial charge in [0.15, 0.2) is 5.82 Å². The molecule has 1 fully saturated rings. The first-order valence-corrected chi connectivity index (χ1v) is 7.90. The van der Waals surface area contributed by atoms with Gasteiger partial charge in [0.25, 0.3) is 0 Å². The minimum atomic E-state index is 0.537. The van der Waals surface area contributed by atoms with E-state index < -0.39 is 0 Å². The molecule has 0 amide bonds. The molecule has 112 valence electrons. The molecule has 0 aliphatic heterocycles. The predicted octanol–water partition coefficient (Wildman–Crippen LogP) is 4.02. The number of benzene rings is 1. The number of nitrogens with one attached hydrogen (secondary N) is 2.